The van der Waals surface area contributed by atoms with Crippen LogP contribution in [0.5, 0.6) is 5.75 Å². The fraction of sp³-hybridized carbons (Fsp3) is 0.857. The summed E-state index contributed by atoms with van der Waals surface area (Å²) in [4.78, 5) is 0. The lowest BCUT2D eigenvalue weighted by Crippen LogP contribution is -2.57. The fourth-order valence-corrected chi connectivity index (χ4v) is 12.4. The van der Waals surface area contributed by atoms with E-state index in [1.54, 1.807) is 0 Å². The molecule has 2 N–H and O–H groups in total. The molecule has 6 unspecified atom stereocenters. The first kappa shape index (κ1) is 35.6. The van der Waals surface area contributed by atoms with Crippen LogP contribution in [-0.4, -0.2) is 44.4 Å². The molecule has 2 saturated carbocycles. The van der Waals surface area contributed by atoms with E-state index < -0.39 is 52.9 Å². The minimum Gasteiger partial charge on any atom is -0.616 e. The van der Waals surface area contributed by atoms with Crippen LogP contribution < -0.4 is 0 Å². The van der Waals surface area contributed by atoms with E-state index >= 15 is 0 Å². The van der Waals surface area contributed by atoms with Gasteiger partial charge in [-0.3, -0.25) is 0 Å². The molecule has 4 rings (SSSR count). The number of hydrogen-bond donors (Lipinski definition) is 2. The molecule has 0 amide bonds. The molecule has 51 heavy (non-hydrogen) atoms. The van der Waals surface area contributed by atoms with Gasteiger partial charge in [0.15, 0.2) is 0 Å². The monoisotopic (exact) mass is 752 g/mol. The zero-order valence-corrected chi connectivity index (χ0v) is 33.2. The number of phenols is 1. The highest BCUT2D eigenvalue weighted by atomic mass is 32.2. The summed E-state index contributed by atoms with van der Waals surface area (Å²) in [5, 5.41) is 22.5. The number of aliphatic hydroxyl groups is 1. The standard InChI is InChI=1S/C42H67F5O3S/c1-24(2)40-23-39(9,10)38-33-17-30(8)35(48)19-31(33)18-32(37(38)34(40)11-12-36(40)49)16-27(5)14-25(3)13-26(4)15-28(6)21-51(50)22-29(7)20-41(43,44)42(45,46)47/h17,19,24-29,32,34,36-38,48-49H,11-16,18,20-23H2,1-10H3/t25?,26?,27?,28?,29?,32-,34+,36+,37+,38-,40-,51?/m1/s1/i19D,21D2,22D2. The number of phenolic OH excluding ortho intramolecular Hbond substituents is 1. The lowest BCUT2D eigenvalue weighted by atomic mass is 9.42. The number of alkyl halides is 5. The Morgan fingerprint density at radius 1 is 0.941 bits per heavy atom. The van der Waals surface area contributed by atoms with Crippen LogP contribution >= 0.6 is 0 Å². The SMILES string of the molecule is [2H]c1c(O)c(C)cc2c1C[C@@H](CC(C)CC(C)CC(C)CC(C)C([2H])([2H])[S+]([O-])C([2H])([2H])C(C)CC(F)(F)C(F)(F)F)[C@@H]1[C@@H]2C(C)(C)C[C@]2(C(C)C)[C@@H](O)CC[C@@H]12. The summed E-state index contributed by atoms with van der Waals surface area (Å²) in [6.07, 6.45) is -2.18. The van der Waals surface area contributed by atoms with Gasteiger partial charge in [0, 0.05) is 23.7 Å². The van der Waals surface area contributed by atoms with Crippen LogP contribution in [0.2, 0.25) is 0 Å². The minimum atomic E-state index is -5.90. The molecule has 0 radical (unpaired) electrons. The van der Waals surface area contributed by atoms with Gasteiger partial charge in [0.2, 0.25) is 0 Å². The predicted octanol–water partition coefficient (Wildman–Crippen LogP) is 11.5. The third-order valence-corrected chi connectivity index (χ3v) is 14.2. The van der Waals surface area contributed by atoms with E-state index in [1.807, 2.05) is 13.8 Å². The second kappa shape index (κ2) is 16.0. The van der Waals surface area contributed by atoms with Crippen LogP contribution in [0, 0.1) is 71.0 Å². The smallest absolute Gasteiger partial charge is 0.453 e. The molecule has 0 heterocycles. The van der Waals surface area contributed by atoms with Gasteiger partial charge in [-0.15, -0.1) is 0 Å². The highest BCUT2D eigenvalue weighted by Crippen LogP contribution is 2.70. The first-order chi connectivity index (χ1) is 25.3. The predicted molar refractivity (Wildman–Crippen MR) is 198 cm³/mol. The van der Waals surface area contributed by atoms with E-state index in [0.29, 0.717) is 30.6 Å². The van der Waals surface area contributed by atoms with Crippen molar-refractivity contribution in [1.82, 2.24) is 0 Å². The highest BCUT2D eigenvalue weighted by Gasteiger charge is 2.64. The summed E-state index contributed by atoms with van der Waals surface area (Å²) in [6, 6.07) is 2.33. The molecule has 9 heteroatoms. The van der Waals surface area contributed by atoms with E-state index in [1.165, 1.54) is 12.5 Å². The van der Waals surface area contributed by atoms with Gasteiger partial charge < -0.3 is 14.8 Å². The largest absolute Gasteiger partial charge is 0.616 e. The summed E-state index contributed by atoms with van der Waals surface area (Å²) in [5.41, 5.74) is -3.32. The van der Waals surface area contributed by atoms with Gasteiger partial charge in [-0.1, -0.05) is 79.6 Å². The second-order valence-electron chi connectivity index (χ2n) is 18.4. The Labute approximate surface area is 315 Å². The Morgan fingerprint density at radius 2 is 1.51 bits per heavy atom. The van der Waals surface area contributed by atoms with Crippen molar-refractivity contribution in [3.8, 4) is 5.75 Å². The number of aryl methyl sites for hydroxylation is 1. The van der Waals surface area contributed by atoms with Crippen LogP contribution in [0.15, 0.2) is 12.1 Å². The normalized spacial score (nSPS) is 33.3. The van der Waals surface area contributed by atoms with Gasteiger partial charge in [0.25, 0.3) is 0 Å². The number of aromatic hydroxyl groups is 1. The van der Waals surface area contributed by atoms with Gasteiger partial charge in [0.1, 0.15) is 17.2 Å². The first-order valence-corrected chi connectivity index (χ1v) is 20.4. The molecular weight excluding hydrogens is 680 g/mol. The lowest BCUT2D eigenvalue weighted by Gasteiger charge is -2.62. The number of aliphatic hydroxyl groups excluding tert-OH is 1. The molecule has 3 nitrogen and oxygen atoms in total. The summed E-state index contributed by atoms with van der Waals surface area (Å²) in [6.45, 7) is 19.6. The molecular formula is C42H67F5O3S. The van der Waals surface area contributed by atoms with Crippen molar-refractivity contribution < 1.29 is 43.6 Å². The number of halogens is 5. The molecule has 0 spiro atoms. The maximum atomic E-state index is 13.8. The summed E-state index contributed by atoms with van der Waals surface area (Å²) in [5.74, 6) is -6.40. The van der Waals surface area contributed by atoms with Gasteiger partial charge in [-0.05, 0) is 134 Å². The third-order valence-electron chi connectivity index (χ3n) is 13.0. The van der Waals surface area contributed by atoms with E-state index in [2.05, 4.69) is 47.6 Å². The van der Waals surface area contributed by atoms with Crippen LogP contribution in [0.1, 0.15) is 143 Å². The number of benzene rings is 1. The van der Waals surface area contributed by atoms with Crippen LogP contribution in [0.25, 0.3) is 0 Å². The van der Waals surface area contributed by atoms with Crippen molar-refractivity contribution in [2.75, 3.05) is 11.4 Å². The van der Waals surface area contributed by atoms with Crippen LogP contribution in [0.4, 0.5) is 22.0 Å². The maximum absolute atomic E-state index is 13.8. The van der Waals surface area contributed by atoms with Gasteiger partial charge >= 0.3 is 12.1 Å². The molecule has 0 aromatic heterocycles. The quantitative estimate of drug-likeness (QED) is 0.139. The molecule has 1 aromatic carbocycles. The van der Waals surface area contributed by atoms with Crippen molar-refractivity contribution in [2.24, 2.45) is 64.1 Å². The average Bonchev–Trinajstić information content (AvgIpc) is 3.38. The van der Waals surface area contributed by atoms with E-state index in [-0.39, 0.29) is 64.7 Å². The molecule has 294 valence electrons. The molecule has 0 bridgehead atoms. The molecule has 3 aliphatic carbocycles. The van der Waals surface area contributed by atoms with Crippen molar-refractivity contribution in [1.29, 1.82) is 0 Å². The van der Waals surface area contributed by atoms with Gasteiger partial charge in [0.05, 0.1) is 13.0 Å². The van der Waals surface area contributed by atoms with Gasteiger partial charge in [-0.25, -0.2) is 0 Å². The summed E-state index contributed by atoms with van der Waals surface area (Å²) in [7, 11) is 0. The first-order valence-electron chi connectivity index (χ1n) is 21.7. The Kier molecular flexibility index (Phi) is 11.2. The van der Waals surface area contributed by atoms with Crippen molar-refractivity contribution in [3.05, 3.63) is 28.8 Å². The molecule has 1 aromatic rings. The average molecular weight is 752 g/mol. The Morgan fingerprint density at radius 3 is 2.10 bits per heavy atom. The lowest BCUT2D eigenvalue weighted by molar-refractivity contribution is -0.287. The van der Waals surface area contributed by atoms with Crippen molar-refractivity contribution >= 4 is 11.2 Å². The minimum absolute atomic E-state index is 0.0362. The zero-order valence-electron chi connectivity index (χ0n) is 37.4. The number of rotatable bonds is 15. The molecule has 2 fully saturated rings. The summed E-state index contributed by atoms with van der Waals surface area (Å²) >= 11 is -3.02. The Hall–Kier alpha value is -1.06. The van der Waals surface area contributed by atoms with Crippen molar-refractivity contribution in [2.45, 2.75) is 151 Å². The summed E-state index contributed by atoms with van der Waals surface area (Å²) < 4.78 is 122. The van der Waals surface area contributed by atoms with Gasteiger partial charge in [-0.2, -0.15) is 22.0 Å². The van der Waals surface area contributed by atoms with Crippen molar-refractivity contribution in [3.63, 3.8) is 0 Å². The molecule has 12 atom stereocenters. The topological polar surface area (TPSA) is 63.5 Å². The maximum Gasteiger partial charge on any atom is 0.453 e. The Bertz CT molecular complexity index is 1540. The molecule has 3 aliphatic rings. The molecule has 0 aliphatic heterocycles. The van der Waals surface area contributed by atoms with E-state index in [0.717, 1.165) is 50.2 Å². The second-order valence-corrected chi connectivity index (χ2v) is 19.4. The fourth-order valence-electron chi connectivity index (χ4n) is 11.4. The van der Waals surface area contributed by atoms with Crippen LogP contribution in [0.3, 0.4) is 0 Å². The number of hydrogen-bond acceptors (Lipinski definition) is 3. The highest BCUT2D eigenvalue weighted by molar-refractivity contribution is 7.91. The van der Waals surface area contributed by atoms with E-state index in [9.17, 15) is 36.7 Å². The van der Waals surface area contributed by atoms with Crippen LogP contribution in [-0.2, 0) is 17.6 Å². The zero-order chi connectivity index (χ0) is 42.9. The third kappa shape index (κ3) is 9.26. The number of fused-ring (bicyclic) bond motifs is 5. The molecule has 0 saturated heterocycles. The van der Waals surface area contributed by atoms with E-state index in [4.69, 9.17) is 6.85 Å². The Balaban J connectivity index is 1.48.